The number of oxazole rings is 1. The Balaban J connectivity index is 1.48. The third kappa shape index (κ3) is 3.65. The van der Waals surface area contributed by atoms with Gasteiger partial charge < -0.3 is 4.42 Å². The van der Waals surface area contributed by atoms with Crippen LogP contribution in [0, 0.1) is 5.82 Å². The monoisotopic (exact) mass is 378 g/mol. The van der Waals surface area contributed by atoms with Crippen molar-refractivity contribution < 1.29 is 17.2 Å². The SMILES string of the molecule is O=S(=O)(NCc1ccc(F)cc1)c1ccc(-c2cnc(C3CC3)o2)s1. The number of hydrogen-bond donors (Lipinski definition) is 1. The molecular weight excluding hydrogens is 363 g/mol. The molecule has 0 atom stereocenters. The van der Waals surface area contributed by atoms with Crippen LogP contribution in [-0.4, -0.2) is 13.4 Å². The summed E-state index contributed by atoms with van der Waals surface area (Å²) in [6, 6.07) is 8.96. The summed E-state index contributed by atoms with van der Waals surface area (Å²) >= 11 is 1.13. The number of nitrogens with one attached hydrogen (secondary N) is 1. The van der Waals surface area contributed by atoms with E-state index < -0.39 is 10.0 Å². The predicted octanol–water partition coefficient (Wildman–Crippen LogP) is 3.90. The maximum absolute atomic E-state index is 12.9. The van der Waals surface area contributed by atoms with Crippen molar-refractivity contribution in [2.45, 2.75) is 29.5 Å². The van der Waals surface area contributed by atoms with E-state index >= 15 is 0 Å². The van der Waals surface area contributed by atoms with E-state index in [-0.39, 0.29) is 16.6 Å². The zero-order valence-corrected chi connectivity index (χ0v) is 14.7. The number of halogens is 1. The van der Waals surface area contributed by atoms with Gasteiger partial charge in [0.2, 0.25) is 10.0 Å². The highest BCUT2D eigenvalue weighted by Gasteiger charge is 2.29. The van der Waals surface area contributed by atoms with Crippen molar-refractivity contribution in [3.05, 3.63) is 59.9 Å². The van der Waals surface area contributed by atoms with Crippen LogP contribution in [-0.2, 0) is 16.6 Å². The van der Waals surface area contributed by atoms with E-state index in [0.717, 1.165) is 34.9 Å². The molecule has 4 rings (SSSR count). The molecule has 1 saturated carbocycles. The van der Waals surface area contributed by atoms with Crippen molar-refractivity contribution in [2.24, 2.45) is 0 Å². The lowest BCUT2D eigenvalue weighted by Crippen LogP contribution is -2.22. The number of thiophene rings is 1. The first-order valence-corrected chi connectivity index (χ1v) is 10.1. The topological polar surface area (TPSA) is 72.2 Å². The lowest BCUT2D eigenvalue weighted by atomic mass is 10.2. The number of aromatic nitrogens is 1. The van der Waals surface area contributed by atoms with Gasteiger partial charge in [-0.15, -0.1) is 11.3 Å². The Hall–Kier alpha value is -2.03. The minimum absolute atomic E-state index is 0.101. The van der Waals surface area contributed by atoms with Gasteiger partial charge in [-0.05, 0) is 42.7 Å². The number of sulfonamides is 1. The summed E-state index contributed by atoms with van der Waals surface area (Å²) in [5.74, 6) is 1.37. The van der Waals surface area contributed by atoms with E-state index in [4.69, 9.17) is 4.42 Å². The summed E-state index contributed by atoms with van der Waals surface area (Å²) in [5.41, 5.74) is 0.686. The van der Waals surface area contributed by atoms with Gasteiger partial charge in [0, 0.05) is 12.5 Å². The molecule has 5 nitrogen and oxygen atoms in total. The Morgan fingerprint density at radius 3 is 2.68 bits per heavy atom. The first kappa shape index (κ1) is 16.4. The standard InChI is InChI=1S/C17H15FN2O3S2/c18-13-5-1-11(2-6-13)9-20-25(21,22)16-8-7-15(24-16)14-10-19-17(23-14)12-3-4-12/h1-2,5-8,10,12,20H,3-4,9H2. The molecule has 2 heterocycles. The van der Waals surface area contributed by atoms with Crippen LogP contribution in [0.1, 0.15) is 30.2 Å². The van der Waals surface area contributed by atoms with Crippen molar-refractivity contribution in [3.63, 3.8) is 0 Å². The van der Waals surface area contributed by atoms with Gasteiger partial charge in [-0.2, -0.15) is 0 Å². The molecule has 1 aliphatic rings. The maximum Gasteiger partial charge on any atom is 0.250 e. The zero-order chi connectivity index (χ0) is 17.4. The fourth-order valence-electron chi connectivity index (χ4n) is 2.37. The smallest absolute Gasteiger partial charge is 0.250 e. The molecule has 1 aliphatic carbocycles. The molecular formula is C17H15FN2O3S2. The van der Waals surface area contributed by atoms with Gasteiger partial charge in [-0.3, -0.25) is 0 Å². The van der Waals surface area contributed by atoms with Crippen LogP contribution in [0.4, 0.5) is 4.39 Å². The molecule has 0 saturated heterocycles. The highest BCUT2D eigenvalue weighted by atomic mass is 32.2. The summed E-state index contributed by atoms with van der Waals surface area (Å²) < 4.78 is 46.2. The largest absolute Gasteiger partial charge is 0.440 e. The van der Waals surface area contributed by atoms with Gasteiger partial charge in [-0.25, -0.2) is 22.5 Å². The van der Waals surface area contributed by atoms with Gasteiger partial charge in [0.1, 0.15) is 10.0 Å². The molecule has 0 bridgehead atoms. The van der Waals surface area contributed by atoms with Crippen LogP contribution in [0.25, 0.3) is 10.6 Å². The molecule has 1 aromatic carbocycles. The summed E-state index contributed by atoms with van der Waals surface area (Å²) in [7, 11) is -3.64. The third-order valence-electron chi connectivity index (χ3n) is 3.92. The maximum atomic E-state index is 12.9. The molecule has 1 fully saturated rings. The van der Waals surface area contributed by atoms with Crippen LogP contribution in [0.5, 0.6) is 0 Å². The van der Waals surface area contributed by atoms with E-state index in [9.17, 15) is 12.8 Å². The molecule has 0 spiro atoms. The van der Waals surface area contributed by atoms with Crippen molar-refractivity contribution >= 4 is 21.4 Å². The Kier molecular flexibility index (Phi) is 4.18. The number of hydrogen-bond acceptors (Lipinski definition) is 5. The fraction of sp³-hybridized carbons (Fsp3) is 0.235. The van der Waals surface area contributed by atoms with Gasteiger partial charge in [0.25, 0.3) is 0 Å². The molecule has 0 unspecified atom stereocenters. The van der Waals surface area contributed by atoms with Crippen LogP contribution < -0.4 is 4.72 Å². The highest BCUT2D eigenvalue weighted by Crippen LogP contribution is 2.41. The third-order valence-corrected chi connectivity index (χ3v) is 6.91. The quantitative estimate of drug-likeness (QED) is 0.706. The molecule has 2 aromatic heterocycles. The Morgan fingerprint density at radius 1 is 1.20 bits per heavy atom. The molecule has 8 heteroatoms. The second-order valence-electron chi connectivity index (χ2n) is 5.91. The molecule has 0 radical (unpaired) electrons. The Labute approximate surface area is 148 Å². The molecule has 0 amide bonds. The summed E-state index contributed by atoms with van der Waals surface area (Å²) in [4.78, 5) is 4.98. The lowest BCUT2D eigenvalue weighted by Gasteiger charge is -2.04. The fourth-order valence-corrected chi connectivity index (χ4v) is 4.68. The lowest BCUT2D eigenvalue weighted by molar-refractivity contribution is 0.510. The van der Waals surface area contributed by atoms with Crippen LogP contribution in [0.15, 0.2) is 51.2 Å². The number of nitrogens with zero attached hydrogens (tertiary/aromatic N) is 1. The number of benzene rings is 1. The Bertz CT molecular complexity index is 989. The first-order valence-electron chi connectivity index (χ1n) is 7.81. The first-order chi connectivity index (χ1) is 12.0. The second-order valence-corrected chi connectivity index (χ2v) is 8.98. The minimum atomic E-state index is -3.64. The predicted molar refractivity (Wildman–Crippen MR) is 92.2 cm³/mol. The molecule has 0 aliphatic heterocycles. The number of rotatable bonds is 6. The van der Waals surface area contributed by atoms with Crippen molar-refractivity contribution in [3.8, 4) is 10.6 Å². The molecule has 3 aromatic rings. The van der Waals surface area contributed by atoms with Crippen LogP contribution in [0.2, 0.25) is 0 Å². The highest BCUT2D eigenvalue weighted by molar-refractivity contribution is 7.91. The summed E-state index contributed by atoms with van der Waals surface area (Å²) in [6.45, 7) is 0.101. The van der Waals surface area contributed by atoms with E-state index in [1.807, 2.05) is 0 Å². The second kappa shape index (κ2) is 6.36. The molecule has 130 valence electrons. The van der Waals surface area contributed by atoms with E-state index in [1.165, 1.54) is 12.1 Å². The normalized spacial score (nSPS) is 14.8. The van der Waals surface area contributed by atoms with E-state index in [0.29, 0.717) is 17.2 Å². The van der Waals surface area contributed by atoms with E-state index in [1.54, 1.807) is 30.5 Å². The van der Waals surface area contributed by atoms with Crippen LogP contribution in [0.3, 0.4) is 0 Å². The molecule has 1 N–H and O–H groups in total. The average molecular weight is 378 g/mol. The zero-order valence-electron chi connectivity index (χ0n) is 13.1. The van der Waals surface area contributed by atoms with Crippen LogP contribution >= 0.6 is 11.3 Å². The van der Waals surface area contributed by atoms with Crippen molar-refractivity contribution in [2.75, 3.05) is 0 Å². The van der Waals surface area contributed by atoms with Gasteiger partial charge in [0.15, 0.2) is 11.7 Å². The molecule has 25 heavy (non-hydrogen) atoms. The summed E-state index contributed by atoms with van der Waals surface area (Å²) in [5, 5.41) is 0. The average Bonchev–Trinajstić information content (AvgIpc) is 3.12. The van der Waals surface area contributed by atoms with Gasteiger partial charge >= 0.3 is 0 Å². The Morgan fingerprint density at radius 2 is 1.96 bits per heavy atom. The van der Waals surface area contributed by atoms with Gasteiger partial charge in [-0.1, -0.05) is 12.1 Å². The van der Waals surface area contributed by atoms with Gasteiger partial charge in [0.05, 0.1) is 11.1 Å². The van der Waals surface area contributed by atoms with Crippen molar-refractivity contribution in [1.82, 2.24) is 9.71 Å². The summed E-state index contributed by atoms with van der Waals surface area (Å²) in [6.07, 6.45) is 3.83. The van der Waals surface area contributed by atoms with Crippen molar-refractivity contribution in [1.29, 1.82) is 0 Å². The minimum Gasteiger partial charge on any atom is -0.440 e. The van der Waals surface area contributed by atoms with E-state index in [2.05, 4.69) is 9.71 Å².